The lowest BCUT2D eigenvalue weighted by atomic mass is 10.0. The van der Waals surface area contributed by atoms with Gasteiger partial charge in [0.2, 0.25) is 5.91 Å². The monoisotopic (exact) mass is 244 g/mol. The Morgan fingerprint density at radius 1 is 1.29 bits per heavy atom. The van der Waals surface area contributed by atoms with E-state index in [4.69, 9.17) is 4.74 Å². The third-order valence-corrected chi connectivity index (χ3v) is 2.63. The van der Waals surface area contributed by atoms with Gasteiger partial charge in [-0.2, -0.15) is 0 Å². The zero-order valence-electron chi connectivity index (χ0n) is 11.6. The summed E-state index contributed by atoms with van der Waals surface area (Å²) in [5.74, 6) is -0.142. The van der Waals surface area contributed by atoms with Gasteiger partial charge in [-0.3, -0.25) is 9.59 Å². The van der Waals surface area contributed by atoms with Crippen molar-refractivity contribution in [2.24, 2.45) is 5.92 Å². The van der Waals surface area contributed by atoms with E-state index in [1.807, 2.05) is 13.8 Å². The zero-order chi connectivity index (χ0) is 13.6. The van der Waals surface area contributed by atoms with E-state index >= 15 is 0 Å². The van der Waals surface area contributed by atoms with Gasteiger partial charge in [0.25, 0.3) is 5.91 Å². The summed E-state index contributed by atoms with van der Waals surface area (Å²) in [7, 11) is 3.03. The van der Waals surface area contributed by atoms with E-state index in [0.717, 1.165) is 0 Å². The van der Waals surface area contributed by atoms with Gasteiger partial charge in [-0.15, -0.1) is 0 Å². The summed E-state index contributed by atoms with van der Waals surface area (Å²) in [5.41, 5.74) is -0.927. The Hall–Kier alpha value is -1.10. The maximum atomic E-state index is 11.9. The molecular formula is C12H24N2O3. The van der Waals surface area contributed by atoms with Crippen molar-refractivity contribution in [3.05, 3.63) is 0 Å². The number of carbonyl (C=O) groups excluding carboxylic acids is 2. The van der Waals surface area contributed by atoms with Crippen molar-refractivity contribution >= 4 is 11.8 Å². The van der Waals surface area contributed by atoms with Crippen LogP contribution in [0, 0.1) is 5.92 Å². The molecular weight excluding hydrogens is 220 g/mol. The molecule has 0 aromatic heterocycles. The second-order valence-corrected chi connectivity index (χ2v) is 4.98. The van der Waals surface area contributed by atoms with Crippen LogP contribution in [0.3, 0.4) is 0 Å². The Labute approximate surface area is 103 Å². The van der Waals surface area contributed by atoms with Gasteiger partial charge in [-0.05, 0) is 26.2 Å². The largest absolute Gasteiger partial charge is 0.369 e. The molecule has 2 amide bonds. The Kier molecular flexibility index (Phi) is 6.16. The first-order chi connectivity index (χ1) is 7.74. The maximum Gasteiger partial charge on any atom is 0.252 e. The molecule has 0 saturated carbocycles. The minimum Gasteiger partial charge on any atom is -0.369 e. The lowest BCUT2D eigenvalue weighted by molar-refractivity contribution is -0.142. The number of hydrogen-bond donors (Lipinski definition) is 2. The molecule has 0 saturated heterocycles. The van der Waals surface area contributed by atoms with E-state index in [-0.39, 0.29) is 11.8 Å². The summed E-state index contributed by atoms with van der Waals surface area (Å²) in [6, 6.07) is -0.512. The molecule has 17 heavy (non-hydrogen) atoms. The fourth-order valence-corrected chi connectivity index (χ4v) is 1.30. The quantitative estimate of drug-likeness (QED) is 0.722. The third kappa shape index (κ3) is 5.17. The summed E-state index contributed by atoms with van der Waals surface area (Å²) >= 11 is 0. The number of carbonyl (C=O) groups is 2. The molecule has 0 bridgehead atoms. The number of ether oxygens (including phenoxy) is 1. The summed E-state index contributed by atoms with van der Waals surface area (Å²) in [6.07, 6.45) is 0.602. The lowest BCUT2D eigenvalue weighted by Crippen LogP contribution is -2.53. The maximum absolute atomic E-state index is 11.9. The number of hydrogen-bond acceptors (Lipinski definition) is 3. The van der Waals surface area contributed by atoms with Gasteiger partial charge in [0, 0.05) is 14.2 Å². The molecule has 0 fully saturated rings. The number of methoxy groups -OCH3 is 1. The first kappa shape index (κ1) is 15.9. The van der Waals surface area contributed by atoms with E-state index in [1.54, 1.807) is 20.9 Å². The van der Waals surface area contributed by atoms with Crippen LogP contribution >= 0.6 is 0 Å². The van der Waals surface area contributed by atoms with Gasteiger partial charge in [0.1, 0.15) is 11.6 Å². The molecule has 100 valence electrons. The molecule has 5 heteroatoms. The average Bonchev–Trinajstić information content (AvgIpc) is 2.26. The van der Waals surface area contributed by atoms with Crippen molar-refractivity contribution in [3.63, 3.8) is 0 Å². The van der Waals surface area contributed by atoms with Crippen LogP contribution in [0.1, 0.15) is 34.1 Å². The topological polar surface area (TPSA) is 67.4 Å². The van der Waals surface area contributed by atoms with Crippen LogP contribution in [-0.4, -0.2) is 37.6 Å². The van der Waals surface area contributed by atoms with Crippen LogP contribution in [0.15, 0.2) is 0 Å². The number of nitrogens with one attached hydrogen (secondary N) is 2. The Balaban J connectivity index is 4.64. The highest BCUT2D eigenvalue weighted by Crippen LogP contribution is 2.10. The number of rotatable bonds is 6. The van der Waals surface area contributed by atoms with Crippen molar-refractivity contribution in [3.8, 4) is 0 Å². The highest BCUT2D eigenvalue weighted by molar-refractivity contribution is 5.90. The minimum atomic E-state index is -0.927. The first-order valence-electron chi connectivity index (χ1n) is 5.82. The molecule has 0 aromatic carbocycles. The molecule has 1 atom stereocenters. The van der Waals surface area contributed by atoms with Crippen molar-refractivity contribution in [1.82, 2.24) is 10.6 Å². The summed E-state index contributed by atoms with van der Waals surface area (Å²) in [6.45, 7) is 7.34. The summed E-state index contributed by atoms with van der Waals surface area (Å²) < 4.78 is 5.07. The van der Waals surface area contributed by atoms with Crippen molar-refractivity contribution < 1.29 is 14.3 Å². The van der Waals surface area contributed by atoms with E-state index in [2.05, 4.69) is 10.6 Å². The Bertz CT molecular complexity index is 275. The molecule has 0 rings (SSSR count). The van der Waals surface area contributed by atoms with E-state index in [0.29, 0.717) is 12.3 Å². The van der Waals surface area contributed by atoms with Crippen LogP contribution in [0.25, 0.3) is 0 Å². The molecule has 0 aliphatic carbocycles. The van der Waals surface area contributed by atoms with Crippen molar-refractivity contribution in [2.75, 3.05) is 14.2 Å². The average molecular weight is 244 g/mol. The number of amides is 2. The Morgan fingerprint density at radius 2 is 1.82 bits per heavy atom. The van der Waals surface area contributed by atoms with E-state index in [1.165, 1.54) is 7.11 Å². The molecule has 2 N–H and O–H groups in total. The summed E-state index contributed by atoms with van der Waals surface area (Å²) in [4.78, 5) is 23.5. The van der Waals surface area contributed by atoms with Crippen LogP contribution in [-0.2, 0) is 14.3 Å². The van der Waals surface area contributed by atoms with Crippen molar-refractivity contribution in [1.29, 1.82) is 0 Å². The molecule has 0 aliphatic heterocycles. The van der Waals surface area contributed by atoms with Gasteiger partial charge in [-0.25, -0.2) is 0 Å². The fourth-order valence-electron chi connectivity index (χ4n) is 1.30. The van der Waals surface area contributed by atoms with Gasteiger partial charge in [0.05, 0.1) is 0 Å². The highest BCUT2D eigenvalue weighted by atomic mass is 16.5. The molecule has 0 aliphatic rings. The SMILES string of the molecule is CNC(=O)C(CC(C)C)NC(=O)C(C)(C)OC. The molecule has 0 spiro atoms. The number of likely N-dealkylation sites (N-methyl/N-ethyl adjacent to an activating group) is 1. The predicted molar refractivity (Wildman–Crippen MR) is 66.5 cm³/mol. The highest BCUT2D eigenvalue weighted by Gasteiger charge is 2.31. The van der Waals surface area contributed by atoms with Crippen LogP contribution in [0.4, 0.5) is 0 Å². The van der Waals surface area contributed by atoms with Crippen LogP contribution in [0.2, 0.25) is 0 Å². The third-order valence-electron chi connectivity index (χ3n) is 2.63. The van der Waals surface area contributed by atoms with Gasteiger partial charge in [-0.1, -0.05) is 13.8 Å². The standard InChI is InChI=1S/C12H24N2O3/c1-8(2)7-9(10(15)13-5)14-11(16)12(3,4)17-6/h8-9H,7H2,1-6H3,(H,13,15)(H,14,16). The molecule has 0 radical (unpaired) electrons. The molecule has 0 aromatic rings. The van der Waals surface area contributed by atoms with Crippen molar-refractivity contribution in [2.45, 2.75) is 45.8 Å². The summed E-state index contributed by atoms with van der Waals surface area (Å²) in [5, 5.41) is 5.27. The fraction of sp³-hybridized carbons (Fsp3) is 0.833. The molecule has 0 heterocycles. The van der Waals surface area contributed by atoms with Gasteiger partial charge >= 0.3 is 0 Å². The smallest absolute Gasteiger partial charge is 0.252 e. The molecule has 5 nitrogen and oxygen atoms in total. The minimum absolute atomic E-state index is 0.182. The van der Waals surface area contributed by atoms with Gasteiger partial charge in [0.15, 0.2) is 0 Å². The Morgan fingerprint density at radius 3 is 2.18 bits per heavy atom. The molecule has 1 unspecified atom stereocenters. The van der Waals surface area contributed by atoms with E-state index < -0.39 is 11.6 Å². The predicted octanol–water partition coefficient (Wildman–Crippen LogP) is 0.688. The zero-order valence-corrected chi connectivity index (χ0v) is 11.6. The second-order valence-electron chi connectivity index (χ2n) is 4.98. The lowest BCUT2D eigenvalue weighted by Gasteiger charge is -2.26. The second kappa shape index (κ2) is 6.59. The normalized spacial score (nSPS) is 13.4. The van der Waals surface area contributed by atoms with Crippen LogP contribution in [0.5, 0.6) is 0 Å². The van der Waals surface area contributed by atoms with E-state index in [9.17, 15) is 9.59 Å². The van der Waals surface area contributed by atoms with Crippen LogP contribution < -0.4 is 10.6 Å². The van der Waals surface area contributed by atoms with Gasteiger partial charge < -0.3 is 15.4 Å². The first-order valence-corrected chi connectivity index (χ1v) is 5.82.